The molecule has 0 spiro atoms. The van der Waals surface area contributed by atoms with E-state index in [4.69, 9.17) is 5.53 Å². The molecule has 0 saturated heterocycles. The standard InChI is InChI=1S/C37H46N6O.ClH/c1-36(2)29-19-13-15-21-31(29)42(5)33(36)23-10-7-6-8-11-24-34-37(3,4)30-20-14-16-22-32(30)43(34)28-17-9-12-25-35(44)39-26-18-27-40-41-38;/h6-8,10-11,13-16,19-24H,9,12,17-18,25-28H2,1-5H3;1H. The molecular formula is C37H47ClN6O. The van der Waals surface area contributed by atoms with E-state index in [-0.39, 0.29) is 29.1 Å². The first-order valence-corrected chi connectivity index (χ1v) is 15.8. The van der Waals surface area contributed by atoms with Crippen LogP contribution in [-0.4, -0.2) is 42.9 Å². The van der Waals surface area contributed by atoms with E-state index < -0.39 is 0 Å². The van der Waals surface area contributed by atoms with Crippen molar-refractivity contribution in [2.45, 2.75) is 70.6 Å². The summed E-state index contributed by atoms with van der Waals surface area (Å²) in [6.45, 7) is 11.0. The number of anilines is 1. The van der Waals surface area contributed by atoms with Crippen LogP contribution in [0.4, 0.5) is 11.4 Å². The number of azide groups is 1. The molecule has 1 amide bonds. The van der Waals surface area contributed by atoms with Gasteiger partial charge in [-0.1, -0.05) is 92.2 Å². The van der Waals surface area contributed by atoms with Crippen molar-refractivity contribution in [2.75, 3.05) is 31.6 Å². The van der Waals surface area contributed by atoms with Gasteiger partial charge in [0, 0.05) is 65.5 Å². The van der Waals surface area contributed by atoms with Gasteiger partial charge in [0.1, 0.15) is 7.05 Å². The third-order valence-corrected chi connectivity index (χ3v) is 8.80. The highest BCUT2D eigenvalue weighted by atomic mass is 35.5. The summed E-state index contributed by atoms with van der Waals surface area (Å²) in [6, 6.07) is 17.3. The van der Waals surface area contributed by atoms with Crippen LogP contribution in [0.25, 0.3) is 10.4 Å². The van der Waals surface area contributed by atoms with E-state index in [1.54, 1.807) is 0 Å². The van der Waals surface area contributed by atoms with Crippen LogP contribution in [0.1, 0.15) is 70.9 Å². The van der Waals surface area contributed by atoms with Gasteiger partial charge in [0.25, 0.3) is 0 Å². The molecule has 4 rings (SSSR count). The van der Waals surface area contributed by atoms with Crippen molar-refractivity contribution in [3.63, 3.8) is 0 Å². The third kappa shape index (κ3) is 8.36. The minimum absolute atomic E-state index is 0. The molecule has 0 aliphatic carbocycles. The number of carbonyl (C=O) groups excluding carboxylic acids is 1. The predicted octanol–water partition coefficient (Wildman–Crippen LogP) is 5.42. The summed E-state index contributed by atoms with van der Waals surface area (Å²) in [7, 11) is 2.14. The molecule has 0 unspecified atom stereocenters. The molecule has 2 aliphatic rings. The highest BCUT2D eigenvalue weighted by Crippen LogP contribution is 2.47. The van der Waals surface area contributed by atoms with E-state index in [2.05, 4.69) is 151 Å². The zero-order chi connectivity index (χ0) is 31.6. The number of hydrogen-bond donors (Lipinski definition) is 1. The first kappa shape index (κ1) is 35.4. The number of carbonyl (C=O) groups is 1. The Morgan fingerprint density at radius 1 is 0.911 bits per heavy atom. The monoisotopic (exact) mass is 626 g/mol. The van der Waals surface area contributed by atoms with Gasteiger partial charge in [-0.3, -0.25) is 4.79 Å². The first-order chi connectivity index (χ1) is 21.2. The molecule has 2 aliphatic heterocycles. The van der Waals surface area contributed by atoms with Crippen LogP contribution in [0.5, 0.6) is 0 Å². The van der Waals surface area contributed by atoms with Gasteiger partial charge in [0.15, 0.2) is 5.71 Å². The summed E-state index contributed by atoms with van der Waals surface area (Å²) in [6.07, 6.45) is 19.1. The summed E-state index contributed by atoms with van der Waals surface area (Å²) >= 11 is 0. The van der Waals surface area contributed by atoms with Crippen molar-refractivity contribution in [3.8, 4) is 0 Å². The lowest BCUT2D eigenvalue weighted by molar-refractivity contribution is -0.401. The van der Waals surface area contributed by atoms with Gasteiger partial charge in [-0.25, -0.2) is 0 Å². The van der Waals surface area contributed by atoms with E-state index in [1.165, 1.54) is 33.9 Å². The highest BCUT2D eigenvalue weighted by Gasteiger charge is 2.42. The second-order valence-electron chi connectivity index (χ2n) is 12.5. The summed E-state index contributed by atoms with van der Waals surface area (Å²) in [5, 5.41) is 6.40. The summed E-state index contributed by atoms with van der Waals surface area (Å²) in [5.74, 6) is 0.0647. The van der Waals surface area contributed by atoms with Crippen LogP contribution in [0.3, 0.4) is 0 Å². The number of fused-ring (bicyclic) bond motifs is 2. The number of nitrogens with zero attached hydrogens (tertiary/aromatic N) is 5. The number of benzene rings is 2. The fourth-order valence-electron chi connectivity index (χ4n) is 6.41. The fraction of sp³-hybridized carbons (Fsp3) is 0.405. The molecule has 0 saturated carbocycles. The van der Waals surface area contributed by atoms with Crippen LogP contribution in [0.2, 0.25) is 0 Å². The molecule has 2 aromatic rings. The van der Waals surface area contributed by atoms with Gasteiger partial charge in [0.05, 0.1) is 5.41 Å². The molecule has 0 aromatic heterocycles. The lowest BCUT2D eigenvalue weighted by Crippen LogP contribution is -3.00. The molecule has 8 heteroatoms. The minimum atomic E-state index is -0.0929. The molecule has 2 aromatic carbocycles. The predicted molar refractivity (Wildman–Crippen MR) is 183 cm³/mol. The molecule has 238 valence electrons. The lowest BCUT2D eigenvalue weighted by atomic mass is 9.81. The maximum atomic E-state index is 12.1. The van der Waals surface area contributed by atoms with Gasteiger partial charge in [-0.2, -0.15) is 4.58 Å². The largest absolute Gasteiger partial charge is 1.00 e. The quantitative estimate of drug-likeness (QED) is 0.0758. The molecule has 0 fully saturated rings. The first-order valence-electron chi connectivity index (χ1n) is 15.8. The van der Waals surface area contributed by atoms with Crippen LogP contribution in [0.15, 0.2) is 102 Å². The molecule has 2 heterocycles. The number of nitrogens with one attached hydrogen (secondary N) is 1. The average molecular weight is 627 g/mol. The second-order valence-corrected chi connectivity index (χ2v) is 12.5. The van der Waals surface area contributed by atoms with E-state index >= 15 is 0 Å². The van der Waals surface area contributed by atoms with Gasteiger partial charge in [0.2, 0.25) is 11.6 Å². The van der Waals surface area contributed by atoms with Gasteiger partial charge >= 0.3 is 0 Å². The Balaban J connectivity index is 0.00000552. The Bertz CT molecular complexity index is 1540. The van der Waals surface area contributed by atoms with Crippen LogP contribution < -0.4 is 22.6 Å². The van der Waals surface area contributed by atoms with Crippen LogP contribution in [-0.2, 0) is 15.6 Å². The van der Waals surface area contributed by atoms with Crippen molar-refractivity contribution < 1.29 is 21.8 Å². The van der Waals surface area contributed by atoms with Crippen LogP contribution in [0, 0.1) is 0 Å². The van der Waals surface area contributed by atoms with Crippen molar-refractivity contribution >= 4 is 23.0 Å². The average Bonchev–Trinajstić information content (AvgIpc) is 3.34. The molecule has 0 radical (unpaired) electrons. The number of para-hydroxylation sites is 2. The zero-order valence-electron chi connectivity index (χ0n) is 27.3. The van der Waals surface area contributed by atoms with Crippen molar-refractivity contribution in [3.05, 3.63) is 118 Å². The van der Waals surface area contributed by atoms with Crippen molar-refractivity contribution in [1.29, 1.82) is 0 Å². The number of unbranched alkanes of at least 4 members (excludes halogenated alkanes) is 2. The highest BCUT2D eigenvalue weighted by molar-refractivity contribution is 6.03. The number of halogens is 1. The topological polar surface area (TPSA) is 84.1 Å². The second kappa shape index (κ2) is 16.3. The Hall–Kier alpha value is -4.06. The maximum absolute atomic E-state index is 12.1. The zero-order valence-corrected chi connectivity index (χ0v) is 28.1. The third-order valence-electron chi connectivity index (χ3n) is 8.80. The Labute approximate surface area is 275 Å². The molecule has 0 bridgehead atoms. The van der Waals surface area contributed by atoms with Crippen molar-refractivity contribution in [2.24, 2.45) is 5.11 Å². The maximum Gasteiger partial charge on any atom is 0.219 e. The van der Waals surface area contributed by atoms with Crippen LogP contribution >= 0.6 is 0 Å². The molecule has 1 N–H and O–H groups in total. The normalized spacial score (nSPS) is 17.2. The molecular weight excluding hydrogens is 580 g/mol. The molecule has 0 atom stereocenters. The Kier molecular flexibility index (Phi) is 12.8. The molecule has 45 heavy (non-hydrogen) atoms. The molecule has 7 nitrogen and oxygen atoms in total. The van der Waals surface area contributed by atoms with Gasteiger partial charge in [-0.05, 0) is 56.3 Å². The number of hydrogen-bond acceptors (Lipinski definition) is 3. The Morgan fingerprint density at radius 2 is 1.60 bits per heavy atom. The smallest absolute Gasteiger partial charge is 0.219 e. The van der Waals surface area contributed by atoms with E-state index in [0.717, 1.165) is 25.8 Å². The van der Waals surface area contributed by atoms with E-state index in [1.807, 2.05) is 0 Å². The van der Waals surface area contributed by atoms with E-state index in [9.17, 15) is 4.79 Å². The Morgan fingerprint density at radius 3 is 2.36 bits per heavy atom. The number of allylic oxidation sites excluding steroid dienone is 8. The van der Waals surface area contributed by atoms with Gasteiger partial charge < -0.3 is 22.6 Å². The number of rotatable bonds is 14. The van der Waals surface area contributed by atoms with E-state index in [0.29, 0.717) is 25.9 Å². The van der Waals surface area contributed by atoms with Crippen molar-refractivity contribution in [1.82, 2.24) is 5.32 Å². The summed E-state index contributed by atoms with van der Waals surface area (Å²) in [4.78, 5) is 17.3. The lowest BCUT2D eigenvalue weighted by Gasteiger charge is -2.27. The summed E-state index contributed by atoms with van der Waals surface area (Å²) in [5.41, 5.74) is 16.1. The SMILES string of the molecule is C[N+]1=C(/C=C/C=C/C=C/C=C2/N(CCCCCC(=O)NCCCN=[N+]=[N-])c3ccccc3C2(C)C)C(C)(C)c2ccccc21.[Cl-]. The van der Waals surface area contributed by atoms with Gasteiger partial charge in [-0.15, -0.1) is 0 Å². The fourth-order valence-corrected chi connectivity index (χ4v) is 6.41. The summed E-state index contributed by atoms with van der Waals surface area (Å²) < 4.78 is 2.29. The minimum Gasteiger partial charge on any atom is -1.00 e. The number of amides is 1.